The average molecular weight is 291 g/mol. The monoisotopic (exact) mass is 291 g/mol. The van der Waals surface area contributed by atoms with Crippen molar-refractivity contribution in [1.82, 2.24) is 24.8 Å². The van der Waals surface area contributed by atoms with E-state index in [1.54, 1.807) is 20.8 Å². The second kappa shape index (κ2) is 5.73. The number of nitrogens with one attached hydrogen (secondary N) is 1. The van der Waals surface area contributed by atoms with Gasteiger partial charge in [-0.05, 0) is 6.92 Å². The van der Waals surface area contributed by atoms with E-state index in [0.717, 1.165) is 0 Å². The molecule has 9 heteroatoms. The Kier molecular flexibility index (Phi) is 4.01. The molecule has 1 amide bonds. The van der Waals surface area contributed by atoms with Crippen molar-refractivity contribution < 1.29 is 9.59 Å². The fraction of sp³-hybridized carbons (Fsp3) is 0.417. The molecule has 0 fully saturated rings. The summed E-state index contributed by atoms with van der Waals surface area (Å²) in [4.78, 5) is 23.6. The molecule has 0 radical (unpaired) electrons. The van der Waals surface area contributed by atoms with Crippen LogP contribution in [0.15, 0.2) is 12.4 Å². The van der Waals surface area contributed by atoms with Gasteiger partial charge >= 0.3 is 0 Å². The number of carbonyl (C=O) groups excluding carboxylic acids is 2. The Balaban J connectivity index is 2.04. The minimum absolute atomic E-state index is 0.0491. The summed E-state index contributed by atoms with van der Waals surface area (Å²) in [5.74, 6) is -0.315. The first-order valence-corrected chi connectivity index (χ1v) is 6.42. The highest BCUT2D eigenvalue weighted by Crippen LogP contribution is 2.09. The van der Waals surface area contributed by atoms with Gasteiger partial charge in [0.05, 0.1) is 23.8 Å². The van der Waals surface area contributed by atoms with Crippen LogP contribution in [0.2, 0.25) is 0 Å². The molecule has 0 aliphatic heterocycles. The van der Waals surface area contributed by atoms with Crippen molar-refractivity contribution in [3.8, 4) is 0 Å². The van der Waals surface area contributed by atoms with E-state index >= 15 is 0 Å². The lowest BCUT2D eigenvalue weighted by Crippen LogP contribution is -2.20. The number of hydrogen-bond acceptors (Lipinski definition) is 6. The number of hydrogen-bond donors (Lipinski definition) is 2. The summed E-state index contributed by atoms with van der Waals surface area (Å²) >= 11 is 0. The maximum atomic E-state index is 12.1. The Labute approximate surface area is 121 Å². The molecule has 0 bridgehead atoms. The number of anilines is 2. The third kappa shape index (κ3) is 3.25. The van der Waals surface area contributed by atoms with E-state index in [9.17, 15) is 9.59 Å². The van der Waals surface area contributed by atoms with Crippen LogP contribution >= 0.6 is 0 Å². The topological polar surface area (TPSA) is 121 Å². The van der Waals surface area contributed by atoms with E-state index in [4.69, 9.17) is 5.73 Å². The number of rotatable bonds is 4. The maximum Gasteiger partial charge on any atom is 0.268 e. The van der Waals surface area contributed by atoms with Gasteiger partial charge in [0.15, 0.2) is 5.82 Å². The van der Waals surface area contributed by atoms with Crippen molar-refractivity contribution in [2.24, 2.45) is 5.92 Å². The molecular formula is C12H17N7O2. The van der Waals surface area contributed by atoms with Crippen LogP contribution in [0.3, 0.4) is 0 Å². The number of nitrogen functional groups attached to an aromatic ring is 1. The molecule has 0 atom stereocenters. The summed E-state index contributed by atoms with van der Waals surface area (Å²) in [6.07, 6.45) is 2.91. The Hall–Kier alpha value is -2.71. The van der Waals surface area contributed by atoms with Gasteiger partial charge in [0.25, 0.3) is 5.91 Å². The smallest absolute Gasteiger partial charge is 0.268 e. The number of nitrogens with two attached hydrogens (primary N) is 1. The second-order valence-corrected chi connectivity index (χ2v) is 4.94. The highest BCUT2D eigenvalue weighted by atomic mass is 16.2. The van der Waals surface area contributed by atoms with E-state index < -0.39 is 0 Å². The third-order valence-electron chi connectivity index (χ3n) is 2.90. The zero-order valence-corrected chi connectivity index (χ0v) is 12.1. The molecule has 0 unspecified atom stereocenters. The molecule has 9 nitrogen and oxygen atoms in total. The number of carbonyl (C=O) groups is 2. The van der Waals surface area contributed by atoms with Crippen LogP contribution < -0.4 is 11.1 Å². The molecule has 112 valence electrons. The fourth-order valence-electron chi connectivity index (χ4n) is 1.58. The van der Waals surface area contributed by atoms with Crippen LogP contribution in [0.1, 0.15) is 24.3 Å². The van der Waals surface area contributed by atoms with Crippen LogP contribution in [0, 0.1) is 12.8 Å². The first-order valence-electron chi connectivity index (χ1n) is 6.42. The summed E-state index contributed by atoms with van der Waals surface area (Å²) in [6.45, 7) is 5.20. The predicted molar refractivity (Wildman–Crippen MR) is 75.5 cm³/mol. The molecule has 0 saturated carbocycles. The summed E-state index contributed by atoms with van der Waals surface area (Å²) in [5.41, 5.74) is 6.67. The summed E-state index contributed by atoms with van der Waals surface area (Å²) < 4.78 is 2.54. The zero-order valence-electron chi connectivity index (χ0n) is 12.1. The lowest BCUT2D eigenvalue weighted by atomic mass is 10.2. The van der Waals surface area contributed by atoms with E-state index in [1.807, 2.05) is 0 Å². The fourth-order valence-corrected chi connectivity index (χ4v) is 1.58. The van der Waals surface area contributed by atoms with Crippen molar-refractivity contribution >= 4 is 23.3 Å². The minimum Gasteiger partial charge on any atom is -0.396 e. The van der Waals surface area contributed by atoms with Gasteiger partial charge in [-0.1, -0.05) is 19.1 Å². The highest BCUT2D eigenvalue weighted by Gasteiger charge is 2.14. The Morgan fingerprint density at radius 1 is 1.43 bits per heavy atom. The zero-order chi connectivity index (χ0) is 15.6. The van der Waals surface area contributed by atoms with Crippen molar-refractivity contribution in [2.45, 2.75) is 27.3 Å². The molecule has 21 heavy (non-hydrogen) atoms. The molecule has 0 aliphatic carbocycles. The molecule has 0 spiro atoms. The summed E-state index contributed by atoms with van der Waals surface area (Å²) in [5, 5.41) is 14.1. The van der Waals surface area contributed by atoms with Crippen molar-refractivity contribution in [3.05, 3.63) is 18.1 Å². The lowest BCUT2D eigenvalue weighted by Gasteiger charge is -2.03. The third-order valence-corrected chi connectivity index (χ3v) is 2.90. The van der Waals surface area contributed by atoms with E-state index in [0.29, 0.717) is 17.2 Å². The van der Waals surface area contributed by atoms with Crippen LogP contribution in [0.4, 0.5) is 11.5 Å². The van der Waals surface area contributed by atoms with Crippen LogP contribution in [0.5, 0.6) is 0 Å². The van der Waals surface area contributed by atoms with Crippen molar-refractivity contribution in [1.29, 1.82) is 0 Å². The Morgan fingerprint density at radius 2 is 2.14 bits per heavy atom. The number of nitrogens with zero attached hydrogens (tertiary/aromatic N) is 5. The molecule has 2 aromatic heterocycles. The molecule has 0 aliphatic rings. The number of aromatic nitrogens is 5. The normalized spacial score (nSPS) is 10.9. The summed E-state index contributed by atoms with van der Waals surface area (Å²) in [6, 6.07) is 0. The van der Waals surface area contributed by atoms with Gasteiger partial charge in [0.2, 0.25) is 5.91 Å². The van der Waals surface area contributed by atoms with E-state index in [1.165, 1.54) is 21.8 Å². The van der Waals surface area contributed by atoms with Gasteiger partial charge in [-0.25, -0.2) is 9.36 Å². The summed E-state index contributed by atoms with van der Waals surface area (Å²) in [7, 11) is 0. The number of amides is 1. The minimum atomic E-state index is -0.296. The molecule has 0 saturated heterocycles. The highest BCUT2D eigenvalue weighted by molar-refractivity contribution is 5.91. The molecule has 2 aromatic rings. The van der Waals surface area contributed by atoms with Crippen LogP contribution in [-0.4, -0.2) is 36.6 Å². The largest absolute Gasteiger partial charge is 0.396 e. The SMILES string of the molecule is Cc1c(N)cnn1C(=O)Cn1cc(NC(=O)C(C)C)nn1. The average Bonchev–Trinajstić information content (AvgIpc) is 2.98. The first-order chi connectivity index (χ1) is 9.88. The Morgan fingerprint density at radius 3 is 2.71 bits per heavy atom. The molecule has 3 N–H and O–H groups in total. The van der Waals surface area contributed by atoms with E-state index in [-0.39, 0.29) is 24.3 Å². The second-order valence-electron chi connectivity index (χ2n) is 4.94. The first kappa shape index (κ1) is 14.7. The van der Waals surface area contributed by atoms with Gasteiger partial charge in [0, 0.05) is 5.92 Å². The van der Waals surface area contributed by atoms with Gasteiger partial charge in [-0.15, -0.1) is 5.10 Å². The molecule has 0 aromatic carbocycles. The van der Waals surface area contributed by atoms with Gasteiger partial charge < -0.3 is 11.1 Å². The van der Waals surface area contributed by atoms with E-state index in [2.05, 4.69) is 20.7 Å². The van der Waals surface area contributed by atoms with Crippen molar-refractivity contribution in [2.75, 3.05) is 11.1 Å². The van der Waals surface area contributed by atoms with Crippen LogP contribution in [-0.2, 0) is 11.3 Å². The van der Waals surface area contributed by atoms with Gasteiger partial charge in [0.1, 0.15) is 6.54 Å². The molecule has 2 rings (SSSR count). The van der Waals surface area contributed by atoms with Gasteiger partial charge in [-0.3, -0.25) is 9.59 Å². The molecule has 2 heterocycles. The maximum absolute atomic E-state index is 12.1. The molecular weight excluding hydrogens is 274 g/mol. The standard InChI is InChI=1S/C12H17N7O2/c1-7(2)12(21)15-10-5-18(17-16-10)6-11(20)19-8(3)9(13)4-14-19/h4-5,7H,6,13H2,1-3H3,(H,15,21). The predicted octanol–water partition coefficient (Wildman–Crippen LogP) is 0.300. The lowest BCUT2D eigenvalue weighted by molar-refractivity contribution is -0.118. The van der Waals surface area contributed by atoms with Crippen LogP contribution in [0.25, 0.3) is 0 Å². The van der Waals surface area contributed by atoms with Gasteiger partial charge in [-0.2, -0.15) is 5.10 Å². The van der Waals surface area contributed by atoms with Crippen molar-refractivity contribution in [3.63, 3.8) is 0 Å². The quantitative estimate of drug-likeness (QED) is 0.835. The Bertz CT molecular complexity index is 671.